The molecule has 0 atom stereocenters. The first-order valence-corrected chi connectivity index (χ1v) is 5.91. The normalized spacial score (nSPS) is 11.3. The van der Waals surface area contributed by atoms with E-state index < -0.39 is 6.48 Å². The van der Waals surface area contributed by atoms with Gasteiger partial charge in [0.15, 0.2) is 0 Å². The molecule has 0 unspecified atom stereocenters. The number of hydrogen-bond acceptors (Lipinski definition) is 3. The Balaban J connectivity index is 2.19. The van der Waals surface area contributed by atoms with Crippen molar-refractivity contribution in [3.8, 4) is 0 Å². The number of nitrogens with zero attached hydrogens (tertiary/aromatic N) is 1. The van der Waals surface area contributed by atoms with Gasteiger partial charge in [-0.05, 0) is 38.1 Å². The summed E-state index contributed by atoms with van der Waals surface area (Å²) < 4.78 is 25.1. The van der Waals surface area contributed by atoms with Crippen molar-refractivity contribution < 1.29 is 18.7 Å². The van der Waals surface area contributed by atoms with Crippen molar-refractivity contribution in [2.24, 2.45) is 0 Å². The van der Waals surface area contributed by atoms with Crippen LogP contribution in [-0.2, 0) is 9.47 Å². The molecule has 0 N–H and O–H groups in total. The average Bonchev–Trinajstić information content (AvgIpc) is 2.72. The zero-order valence-corrected chi connectivity index (χ0v) is 10.4. The van der Waals surface area contributed by atoms with Crippen LogP contribution < -0.4 is 4.84 Å². The highest BCUT2D eigenvalue weighted by Crippen LogP contribution is 2.16. The Morgan fingerprint density at radius 3 is 2.56 bits per heavy atom. The number of fused-ring (bicyclic) bond motifs is 1. The molecule has 0 spiro atoms. The first kappa shape index (κ1) is 12.9. The molecule has 0 amide bonds. The lowest BCUT2D eigenvalue weighted by Gasteiger charge is -2.18. The van der Waals surface area contributed by atoms with Gasteiger partial charge in [-0.15, -0.1) is 0 Å². The van der Waals surface area contributed by atoms with Gasteiger partial charge in [-0.25, -0.2) is 4.39 Å². The van der Waals surface area contributed by atoms with Crippen molar-refractivity contribution in [3.05, 3.63) is 36.3 Å². The van der Waals surface area contributed by atoms with Gasteiger partial charge in [0.2, 0.25) is 0 Å². The summed E-state index contributed by atoms with van der Waals surface area (Å²) >= 11 is 0. The molecule has 0 aliphatic rings. The van der Waals surface area contributed by atoms with E-state index in [-0.39, 0.29) is 5.82 Å². The van der Waals surface area contributed by atoms with Crippen LogP contribution in [0.2, 0.25) is 0 Å². The molecule has 0 radical (unpaired) electrons. The Hall–Kier alpha value is -1.59. The molecule has 0 saturated heterocycles. The van der Waals surface area contributed by atoms with Crippen molar-refractivity contribution in [2.45, 2.75) is 20.3 Å². The standard InChI is InChI=1S/C13H16FNO3/c1-3-16-13(17-4-2)18-15-8-7-10-9-11(14)5-6-12(10)15/h5-9,13H,3-4H2,1-2H3. The molecule has 2 aromatic rings. The molecule has 0 aliphatic heterocycles. The summed E-state index contributed by atoms with van der Waals surface area (Å²) in [5, 5.41) is 0.766. The zero-order chi connectivity index (χ0) is 13.0. The molecule has 98 valence electrons. The molecule has 0 bridgehead atoms. The second-order valence-electron chi connectivity index (χ2n) is 3.65. The summed E-state index contributed by atoms with van der Waals surface area (Å²) in [6.07, 6.45) is 1.70. The van der Waals surface area contributed by atoms with Crippen LogP contribution in [-0.4, -0.2) is 24.4 Å². The minimum absolute atomic E-state index is 0.272. The Morgan fingerprint density at radius 2 is 1.89 bits per heavy atom. The lowest BCUT2D eigenvalue weighted by Crippen LogP contribution is -2.30. The molecule has 5 heteroatoms. The zero-order valence-electron chi connectivity index (χ0n) is 10.4. The van der Waals surface area contributed by atoms with E-state index in [4.69, 9.17) is 14.3 Å². The van der Waals surface area contributed by atoms with Crippen LogP contribution >= 0.6 is 0 Å². The maximum atomic E-state index is 13.1. The Bertz CT molecular complexity index is 506. The summed E-state index contributed by atoms with van der Waals surface area (Å²) in [7, 11) is 0. The highest BCUT2D eigenvalue weighted by atomic mass is 19.1. The van der Waals surface area contributed by atoms with E-state index >= 15 is 0 Å². The van der Waals surface area contributed by atoms with Gasteiger partial charge in [0.25, 0.3) is 0 Å². The summed E-state index contributed by atoms with van der Waals surface area (Å²) in [4.78, 5) is 5.54. The molecule has 1 aromatic heterocycles. The van der Waals surface area contributed by atoms with Gasteiger partial charge in [0.1, 0.15) is 5.82 Å². The van der Waals surface area contributed by atoms with Gasteiger partial charge in [0, 0.05) is 11.6 Å². The third-order valence-electron chi connectivity index (χ3n) is 2.42. The molecular formula is C13H16FNO3. The van der Waals surface area contributed by atoms with E-state index in [0.717, 1.165) is 10.9 Å². The quantitative estimate of drug-likeness (QED) is 0.742. The Labute approximate surface area is 105 Å². The van der Waals surface area contributed by atoms with Gasteiger partial charge in [-0.1, -0.05) is 0 Å². The highest BCUT2D eigenvalue weighted by Gasteiger charge is 2.11. The number of rotatable bonds is 6. The number of hydrogen-bond donors (Lipinski definition) is 0. The molecule has 4 nitrogen and oxygen atoms in total. The molecule has 18 heavy (non-hydrogen) atoms. The number of aromatic nitrogens is 1. The lowest BCUT2D eigenvalue weighted by atomic mass is 10.2. The first-order chi connectivity index (χ1) is 8.74. The summed E-state index contributed by atoms with van der Waals surface area (Å²) in [6, 6.07) is 6.26. The highest BCUT2D eigenvalue weighted by molar-refractivity contribution is 5.79. The molecule has 1 aromatic carbocycles. The molecule has 0 aliphatic carbocycles. The Kier molecular flexibility index (Phi) is 4.17. The van der Waals surface area contributed by atoms with E-state index in [9.17, 15) is 4.39 Å². The van der Waals surface area contributed by atoms with E-state index in [1.165, 1.54) is 16.9 Å². The molecule has 2 rings (SSSR count). The number of ether oxygens (including phenoxy) is 2. The van der Waals surface area contributed by atoms with E-state index in [1.807, 2.05) is 13.8 Å². The monoisotopic (exact) mass is 253 g/mol. The third kappa shape index (κ3) is 2.80. The maximum Gasteiger partial charge on any atom is 0.337 e. The molecular weight excluding hydrogens is 237 g/mol. The molecule has 0 saturated carbocycles. The topological polar surface area (TPSA) is 32.6 Å². The first-order valence-electron chi connectivity index (χ1n) is 5.91. The van der Waals surface area contributed by atoms with Crippen LogP contribution in [0, 0.1) is 5.82 Å². The summed E-state index contributed by atoms with van der Waals surface area (Å²) in [6.45, 7) is 3.93. The van der Waals surface area contributed by atoms with Crippen molar-refractivity contribution in [2.75, 3.05) is 13.2 Å². The smallest absolute Gasteiger partial charge is 0.337 e. The van der Waals surface area contributed by atoms with E-state index in [0.29, 0.717) is 13.2 Å². The number of benzene rings is 1. The minimum Gasteiger partial charge on any atom is -0.353 e. The van der Waals surface area contributed by atoms with Gasteiger partial charge in [-0.2, -0.15) is 4.73 Å². The van der Waals surface area contributed by atoms with Crippen LogP contribution in [0.5, 0.6) is 0 Å². The van der Waals surface area contributed by atoms with Crippen LogP contribution in [0.15, 0.2) is 30.5 Å². The molecule has 1 heterocycles. The second-order valence-corrected chi connectivity index (χ2v) is 3.65. The average molecular weight is 253 g/mol. The van der Waals surface area contributed by atoms with Gasteiger partial charge in [0.05, 0.1) is 18.7 Å². The van der Waals surface area contributed by atoms with Crippen LogP contribution in [0.3, 0.4) is 0 Å². The van der Waals surface area contributed by atoms with Gasteiger partial charge in [-0.3, -0.25) is 0 Å². The number of halogens is 1. The van der Waals surface area contributed by atoms with E-state index in [2.05, 4.69) is 0 Å². The maximum absolute atomic E-state index is 13.1. The molecule has 0 fully saturated rings. The fraction of sp³-hybridized carbons (Fsp3) is 0.385. The predicted octanol–water partition coefficient (Wildman–Crippen LogP) is 2.57. The van der Waals surface area contributed by atoms with Crippen molar-refractivity contribution in [1.82, 2.24) is 4.73 Å². The third-order valence-corrected chi connectivity index (χ3v) is 2.42. The van der Waals surface area contributed by atoms with Gasteiger partial charge < -0.3 is 14.3 Å². The van der Waals surface area contributed by atoms with Crippen LogP contribution in [0.1, 0.15) is 13.8 Å². The summed E-state index contributed by atoms with van der Waals surface area (Å²) in [5.74, 6) is -0.272. The van der Waals surface area contributed by atoms with Gasteiger partial charge >= 0.3 is 6.48 Å². The SMILES string of the molecule is CCOC(OCC)On1ccc2cc(F)ccc21. The summed E-state index contributed by atoms with van der Waals surface area (Å²) in [5.41, 5.74) is 0.765. The van der Waals surface area contributed by atoms with Crippen molar-refractivity contribution >= 4 is 10.9 Å². The Morgan fingerprint density at radius 1 is 1.17 bits per heavy atom. The van der Waals surface area contributed by atoms with Crippen LogP contribution in [0.25, 0.3) is 10.9 Å². The minimum atomic E-state index is -0.763. The van der Waals surface area contributed by atoms with Crippen LogP contribution in [0.4, 0.5) is 4.39 Å². The van der Waals surface area contributed by atoms with Crippen molar-refractivity contribution in [1.29, 1.82) is 0 Å². The van der Waals surface area contributed by atoms with E-state index in [1.54, 1.807) is 18.3 Å². The second kappa shape index (κ2) is 5.84. The lowest BCUT2D eigenvalue weighted by molar-refractivity contribution is -0.282. The fourth-order valence-corrected chi connectivity index (χ4v) is 1.65. The van der Waals surface area contributed by atoms with Crippen molar-refractivity contribution in [3.63, 3.8) is 0 Å². The largest absolute Gasteiger partial charge is 0.353 e. The fourth-order valence-electron chi connectivity index (χ4n) is 1.65. The predicted molar refractivity (Wildman–Crippen MR) is 65.5 cm³/mol.